The topological polar surface area (TPSA) is 96.0 Å². The van der Waals surface area contributed by atoms with Crippen LogP contribution in [0.25, 0.3) is 0 Å². The summed E-state index contributed by atoms with van der Waals surface area (Å²) in [6, 6.07) is 10.9. The molecular formula is C23H29Cl2N3O5S. The minimum absolute atomic E-state index is 0.0215. The first kappa shape index (κ1) is 27.8. The van der Waals surface area contributed by atoms with Crippen molar-refractivity contribution in [2.24, 2.45) is 0 Å². The SMILES string of the molecule is CNC(=O)[C@H](C)N(Cc1ccc(Cl)cc1Cl)C(=O)CCCN(c1ccccc1OC)S(C)(=O)=O. The smallest absolute Gasteiger partial charge is 0.242 e. The van der Waals surface area contributed by atoms with Gasteiger partial charge in [0.2, 0.25) is 21.8 Å². The highest BCUT2D eigenvalue weighted by molar-refractivity contribution is 7.92. The number of para-hydroxylation sites is 2. The molecule has 34 heavy (non-hydrogen) atoms. The van der Waals surface area contributed by atoms with Gasteiger partial charge in [0.1, 0.15) is 11.8 Å². The molecule has 0 aliphatic heterocycles. The molecule has 0 spiro atoms. The van der Waals surface area contributed by atoms with Crippen LogP contribution in [0.15, 0.2) is 42.5 Å². The number of amides is 2. The highest BCUT2D eigenvalue weighted by atomic mass is 35.5. The van der Waals surface area contributed by atoms with Crippen LogP contribution in [0.3, 0.4) is 0 Å². The molecule has 2 rings (SSSR count). The fourth-order valence-corrected chi connectivity index (χ4v) is 4.88. The number of nitrogens with zero attached hydrogens (tertiary/aromatic N) is 2. The number of rotatable bonds is 11. The zero-order valence-corrected chi connectivity index (χ0v) is 21.9. The van der Waals surface area contributed by atoms with E-state index < -0.39 is 16.1 Å². The van der Waals surface area contributed by atoms with Crippen LogP contribution in [0.5, 0.6) is 5.75 Å². The van der Waals surface area contributed by atoms with Gasteiger partial charge in [-0.05, 0) is 43.2 Å². The van der Waals surface area contributed by atoms with Crippen LogP contribution in [0, 0.1) is 0 Å². The number of likely N-dealkylation sites (N-methyl/N-ethyl adjacent to an activating group) is 1. The van der Waals surface area contributed by atoms with E-state index in [1.54, 1.807) is 49.4 Å². The van der Waals surface area contributed by atoms with E-state index in [2.05, 4.69) is 5.32 Å². The van der Waals surface area contributed by atoms with Gasteiger partial charge < -0.3 is 15.0 Å². The molecule has 0 saturated heterocycles. The van der Waals surface area contributed by atoms with Crippen molar-refractivity contribution in [2.75, 3.05) is 31.3 Å². The number of benzene rings is 2. The Labute approximate surface area is 210 Å². The maximum Gasteiger partial charge on any atom is 0.242 e. The first-order valence-electron chi connectivity index (χ1n) is 10.5. The number of halogens is 2. The Bertz CT molecular complexity index is 1130. The number of sulfonamides is 1. The molecule has 2 aromatic rings. The fraction of sp³-hybridized carbons (Fsp3) is 0.391. The molecule has 0 heterocycles. The van der Waals surface area contributed by atoms with Gasteiger partial charge in [0.25, 0.3) is 0 Å². The van der Waals surface area contributed by atoms with Crippen LogP contribution >= 0.6 is 23.2 Å². The zero-order chi connectivity index (χ0) is 25.5. The Morgan fingerprint density at radius 3 is 2.41 bits per heavy atom. The molecule has 0 aromatic heterocycles. The molecule has 2 amide bonds. The van der Waals surface area contributed by atoms with Crippen molar-refractivity contribution in [3.05, 3.63) is 58.1 Å². The summed E-state index contributed by atoms with van der Waals surface area (Å²) in [5, 5.41) is 3.39. The molecule has 0 saturated carbocycles. The summed E-state index contributed by atoms with van der Waals surface area (Å²) in [6.07, 6.45) is 1.35. The van der Waals surface area contributed by atoms with Gasteiger partial charge in [-0.25, -0.2) is 8.42 Å². The molecule has 8 nitrogen and oxygen atoms in total. The third-order valence-electron chi connectivity index (χ3n) is 5.28. The number of ether oxygens (including phenoxy) is 1. The molecule has 1 atom stereocenters. The highest BCUT2D eigenvalue weighted by Gasteiger charge is 2.27. The second kappa shape index (κ2) is 12.3. The number of carbonyl (C=O) groups is 2. The maximum atomic E-state index is 13.2. The second-order valence-corrected chi connectivity index (χ2v) is 10.4. The molecule has 0 unspecified atom stereocenters. The molecule has 0 radical (unpaired) electrons. The molecule has 1 N–H and O–H groups in total. The number of anilines is 1. The van der Waals surface area contributed by atoms with Gasteiger partial charge in [0, 0.05) is 36.6 Å². The molecule has 186 valence electrons. The van der Waals surface area contributed by atoms with E-state index in [-0.39, 0.29) is 37.7 Å². The standard InChI is InChI=1S/C23H29Cl2N3O5S/c1-16(23(30)26-2)27(15-17-11-12-18(24)14-19(17)25)22(29)10-7-13-28(34(4,31)32)20-8-5-6-9-21(20)33-3/h5-6,8-9,11-12,14,16H,7,10,13,15H2,1-4H3,(H,26,30)/t16-/m0/s1. The van der Waals surface area contributed by atoms with E-state index in [0.29, 0.717) is 27.0 Å². The van der Waals surface area contributed by atoms with Gasteiger partial charge in [-0.3, -0.25) is 13.9 Å². The van der Waals surface area contributed by atoms with Crippen molar-refractivity contribution in [3.8, 4) is 5.75 Å². The van der Waals surface area contributed by atoms with Crippen molar-refractivity contribution in [3.63, 3.8) is 0 Å². The van der Waals surface area contributed by atoms with Crippen LogP contribution < -0.4 is 14.4 Å². The van der Waals surface area contributed by atoms with Crippen LogP contribution in [-0.2, 0) is 26.2 Å². The molecule has 0 fully saturated rings. The first-order valence-corrected chi connectivity index (χ1v) is 13.2. The minimum Gasteiger partial charge on any atom is -0.495 e. The Morgan fingerprint density at radius 1 is 1.15 bits per heavy atom. The van der Waals surface area contributed by atoms with E-state index in [1.807, 2.05) is 0 Å². The summed E-state index contributed by atoms with van der Waals surface area (Å²) in [4.78, 5) is 26.9. The summed E-state index contributed by atoms with van der Waals surface area (Å²) in [5.41, 5.74) is 1.03. The van der Waals surface area contributed by atoms with E-state index in [0.717, 1.165) is 6.26 Å². The summed E-state index contributed by atoms with van der Waals surface area (Å²) >= 11 is 12.2. The van der Waals surface area contributed by atoms with Crippen molar-refractivity contribution in [1.82, 2.24) is 10.2 Å². The third-order valence-corrected chi connectivity index (χ3v) is 7.04. The zero-order valence-electron chi connectivity index (χ0n) is 19.5. The molecule has 11 heteroatoms. The number of nitrogens with one attached hydrogen (secondary N) is 1. The van der Waals surface area contributed by atoms with Gasteiger partial charge in [-0.1, -0.05) is 41.4 Å². The predicted molar refractivity (Wildman–Crippen MR) is 135 cm³/mol. The largest absolute Gasteiger partial charge is 0.495 e. The molecule has 2 aromatic carbocycles. The lowest BCUT2D eigenvalue weighted by molar-refractivity contribution is -0.140. The van der Waals surface area contributed by atoms with Gasteiger partial charge >= 0.3 is 0 Å². The van der Waals surface area contributed by atoms with Gasteiger partial charge in [-0.15, -0.1) is 0 Å². The fourth-order valence-electron chi connectivity index (χ4n) is 3.44. The second-order valence-electron chi connectivity index (χ2n) is 7.66. The molecule has 0 aliphatic rings. The quantitative estimate of drug-likeness (QED) is 0.478. The van der Waals surface area contributed by atoms with Crippen molar-refractivity contribution >= 4 is 50.7 Å². The monoisotopic (exact) mass is 529 g/mol. The lowest BCUT2D eigenvalue weighted by Crippen LogP contribution is -2.46. The summed E-state index contributed by atoms with van der Waals surface area (Å²) in [7, 11) is -0.671. The Hall–Kier alpha value is -2.49. The van der Waals surface area contributed by atoms with E-state index in [1.165, 1.54) is 23.4 Å². The average Bonchev–Trinajstić information content (AvgIpc) is 2.79. The molecule has 0 bridgehead atoms. The highest BCUT2D eigenvalue weighted by Crippen LogP contribution is 2.30. The average molecular weight is 530 g/mol. The Kier molecular flexibility index (Phi) is 10.0. The van der Waals surface area contributed by atoms with Gasteiger partial charge in [0.15, 0.2) is 0 Å². The van der Waals surface area contributed by atoms with Crippen molar-refractivity contribution < 1.29 is 22.7 Å². The van der Waals surface area contributed by atoms with Crippen LogP contribution in [0.2, 0.25) is 10.0 Å². The number of hydrogen-bond donors (Lipinski definition) is 1. The van der Waals surface area contributed by atoms with E-state index in [9.17, 15) is 18.0 Å². The van der Waals surface area contributed by atoms with Crippen molar-refractivity contribution in [2.45, 2.75) is 32.4 Å². The number of methoxy groups -OCH3 is 1. The molecular weight excluding hydrogens is 501 g/mol. The summed E-state index contributed by atoms with van der Waals surface area (Å²) in [6.45, 7) is 1.79. The van der Waals surface area contributed by atoms with Crippen molar-refractivity contribution in [1.29, 1.82) is 0 Å². The van der Waals surface area contributed by atoms with Crippen LogP contribution in [0.4, 0.5) is 5.69 Å². The van der Waals surface area contributed by atoms with E-state index >= 15 is 0 Å². The summed E-state index contributed by atoms with van der Waals surface area (Å²) < 4.78 is 31.4. The summed E-state index contributed by atoms with van der Waals surface area (Å²) in [5.74, 6) is -0.229. The van der Waals surface area contributed by atoms with Crippen LogP contribution in [0.1, 0.15) is 25.3 Å². The predicted octanol–water partition coefficient (Wildman–Crippen LogP) is 3.71. The normalized spacial score (nSPS) is 12.1. The Balaban J connectivity index is 2.21. The lowest BCUT2D eigenvalue weighted by atomic mass is 10.1. The minimum atomic E-state index is -3.63. The number of hydrogen-bond acceptors (Lipinski definition) is 5. The number of carbonyl (C=O) groups excluding carboxylic acids is 2. The van der Waals surface area contributed by atoms with Crippen LogP contribution in [-0.4, -0.2) is 58.1 Å². The molecule has 0 aliphatic carbocycles. The van der Waals surface area contributed by atoms with Gasteiger partial charge in [-0.2, -0.15) is 0 Å². The van der Waals surface area contributed by atoms with E-state index in [4.69, 9.17) is 27.9 Å². The Morgan fingerprint density at radius 2 is 1.82 bits per heavy atom. The third kappa shape index (κ3) is 7.25. The first-order chi connectivity index (χ1) is 16.0. The van der Waals surface area contributed by atoms with Gasteiger partial charge in [0.05, 0.1) is 19.1 Å². The maximum absolute atomic E-state index is 13.2. The lowest BCUT2D eigenvalue weighted by Gasteiger charge is -2.29.